The van der Waals surface area contributed by atoms with Crippen molar-refractivity contribution in [2.75, 3.05) is 0 Å². The molecule has 0 saturated heterocycles. The molecule has 31 heavy (non-hydrogen) atoms. The number of carbonyl (C=O) groups is 1. The van der Waals surface area contributed by atoms with E-state index in [-0.39, 0.29) is 36.1 Å². The summed E-state index contributed by atoms with van der Waals surface area (Å²) in [5.41, 5.74) is 2.01. The first-order chi connectivity index (χ1) is 15.0. The standard InChI is InChI=1S/C23H17ClF2N2O2S/c24-16-3-1-14(2-4-16)23(15-9-10-31-13-15)28-21(29)7-8-22-27-12-20(30-22)18-6-5-17(25)11-19(18)26/h1-6,9-13,23H,7-8H2,(H,28,29). The van der Waals surface area contributed by atoms with Crippen molar-refractivity contribution in [1.29, 1.82) is 0 Å². The molecular weight excluding hydrogens is 442 g/mol. The van der Waals surface area contributed by atoms with Gasteiger partial charge in [-0.15, -0.1) is 0 Å². The molecule has 4 rings (SSSR count). The Bertz CT molecular complexity index is 1180. The Kier molecular flexibility index (Phi) is 6.44. The Labute approximate surface area is 186 Å². The van der Waals surface area contributed by atoms with Crippen molar-refractivity contribution in [2.24, 2.45) is 0 Å². The van der Waals surface area contributed by atoms with Crippen LogP contribution in [-0.2, 0) is 11.2 Å². The number of hydrogen-bond acceptors (Lipinski definition) is 4. The van der Waals surface area contributed by atoms with E-state index in [0.717, 1.165) is 23.3 Å². The van der Waals surface area contributed by atoms with Crippen molar-refractivity contribution in [3.63, 3.8) is 0 Å². The van der Waals surface area contributed by atoms with Gasteiger partial charge in [-0.05, 0) is 52.2 Å². The monoisotopic (exact) mass is 458 g/mol. The highest BCUT2D eigenvalue weighted by Crippen LogP contribution is 2.27. The summed E-state index contributed by atoms with van der Waals surface area (Å²) in [5.74, 6) is -1.10. The number of oxazole rings is 1. The van der Waals surface area contributed by atoms with E-state index in [2.05, 4.69) is 10.3 Å². The van der Waals surface area contributed by atoms with Crippen LogP contribution in [0.25, 0.3) is 11.3 Å². The zero-order chi connectivity index (χ0) is 21.8. The number of benzene rings is 2. The third-order valence-electron chi connectivity index (χ3n) is 4.70. The van der Waals surface area contributed by atoms with Crippen LogP contribution in [0.4, 0.5) is 8.78 Å². The average molecular weight is 459 g/mol. The van der Waals surface area contributed by atoms with E-state index >= 15 is 0 Å². The maximum atomic E-state index is 13.9. The summed E-state index contributed by atoms with van der Waals surface area (Å²) in [4.78, 5) is 16.7. The molecule has 2 aromatic heterocycles. The lowest BCUT2D eigenvalue weighted by molar-refractivity contribution is -0.121. The first-order valence-electron chi connectivity index (χ1n) is 9.46. The van der Waals surface area contributed by atoms with Gasteiger partial charge in [0.05, 0.1) is 17.8 Å². The first kappa shape index (κ1) is 21.2. The van der Waals surface area contributed by atoms with Crippen molar-refractivity contribution >= 4 is 28.8 Å². The zero-order valence-electron chi connectivity index (χ0n) is 16.1. The second kappa shape index (κ2) is 9.41. The summed E-state index contributed by atoms with van der Waals surface area (Å²) in [6.45, 7) is 0. The molecule has 0 fully saturated rings. The number of rotatable bonds is 7. The molecule has 158 valence electrons. The second-order valence-corrected chi connectivity index (χ2v) is 8.07. The van der Waals surface area contributed by atoms with Gasteiger partial charge >= 0.3 is 0 Å². The number of aryl methyl sites for hydroxylation is 1. The van der Waals surface area contributed by atoms with Crippen molar-refractivity contribution in [1.82, 2.24) is 10.3 Å². The molecule has 0 aliphatic carbocycles. The third kappa shape index (κ3) is 5.18. The van der Waals surface area contributed by atoms with Crippen molar-refractivity contribution in [2.45, 2.75) is 18.9 Å². The van der Waals surface area contributed by atoms with E-state index in [0.29, 0.717) is 10.9 Å². The van der Waals surface area contributed by atoms with Crippen molar-refractivity contribution in [3.05, 3.63) is 99.2 Å². The van der Waals surface area contributed by atoms with E-state index in [1.807, 2.05) is 29.0 Å². The molecule has 1 N–H and O–H groups in total. The molecule has 1 atom stereocenters. The van der Waals surface area contributed by atoms with Crippen LogP contribution in [0.1, 0.15) is 29.5 Å². The van der Waals surface area contributed by atoms with E-state index in [1.165, 1.54) is 12.3 Å². The average Bonchev–Trinajstić information content (AvgIpc) is 3.44. The SMILES string of the molecule is O=C(CCc1ncc(-c2ccc(F)cc2F)o1)NC(c1ccc(Cl)cc1)c1ccsc1. The molecule has 0 aliphatic heterocycles. The van der Waals surface area contributed by atoms with Gasteiger partial charge in [-0.1, -0.05) is 23.7 Å². The van der Waals surface area contributed by atoms with E-state index in [9.17, 15) is 13.6 Å². The summed E-state index contributed by atoms with van der Waals surface area (Å²) < 4.78 is 32.6. The molecule has 4 nitrogen and oxygen atoms in total. The maximum Gasteiger partial charge on any atom is 0.221 e. The molecule has 8 heteroatoms. The predicted octanol–water partition coefficient (Wildman–Crippen LogP) is 6.17. The summed E-state index contributed by atoms with van der Waals surface area (Å²) in [6.07, 6.45) is 1.75. The highest BCUT2D eigenvalue weighted by atomic mass is 35.5. The summed E-state index contributed by atoms with van der Waals surface area (Å²) in [6, 6.07) is 12.2. The van der Waals surface area contributed by atoms with Crippen LogP contribution in [0, 0.1) is 11.6 Å². The normalized spacial score (nSPS) is 12.0. The van der Waals surface area contributed by atoms with Gasteiger partial charge < -0.3 is 9.73 Å². The number of amides is 1. The third-order valence-corrected chi connectivity index (χ3v) is 5.65. The van der Waals surface area contributed by atoms with E-state index in [1.54, 1.807) is 23.5 Å². The van der Waals surface area contributed by atoms with Gasteiger partial charge in [0.25, 0.3) is 0 Å². The van der Waals surface area contributed by atoms with Crippen LogP contribution in [0.2, 0.25) is 5.02 Å². The Morgan fingerprint density at radius 3 is 2.65 bits per heavy atom. The Balaban J connectivity index is 1.42. The molecule has 1 unspecified atom stereocenters. The second-order valence-electron chi connectivity index (χ2n) is 6.85. The zero-order valence-corrected chi connectivity index (χ0v) is 17.7. The van der Waals surface area contributed by atoms with Crippen LogP contribution in [0.15, 0.2) is 69.9 Å². The van der Waals surface area contributed by atoms with Crippen LogP contribution >= 0.6 is 22.9 Å². The molecule has 2 heterocycles. The highest BCUT2D eigenvalue weighted by molar-refractivity contribution is 7.08. The molecular formula is C23H17ClF2N2O2S. The van der Waals surface area contributed by atoms with Gasteiger partial charge in [0.15, 0.2) is 11.7 Å². The number of thiophene rings is 1. The summed E-state index contributed by atoms with van der Waals surface area (Å²) in [5, 5.41) is 7.59. The lowest BCUT2D eigenvalue weighted by atomic mass is 10.0. The van der Waals surface area contributed by atoms with Gasteiger partial charge in [-0.2, -0.15) is 11.3 Å². The van der Waals surface area contributed by atoms with Gasteiger partial charge in [0.2, 0.25) is 5.91 Å². The Morgan fingerprint density at radius 2 is 1.94 bits per heavy atom. The van der Waals surface area contributed by atoms with Crippen LogP contribution in [0.3, 0.4) is 0 Å². The Morgan fingerprint density at radius 1 is 1.13 bits per heavy atom. The number of nitrogens with zero attached hydrogens (tertiary/aromatic N) is 1. The lowest BCUT2D eigenvalue weighted by Gasteiger charge is -2.18. The van der Waals surface area contributed by atoms with Crippen LogP contribution in [-0.4, -0.2) is 10.9 Å². The molecule has 0 bridgehead atoms. The molecule has 0 aliphatic rings. The molecule has 1 amide bonds. The minimum absolute atomic E-state index is 0.116. The van der Waals surface area contributed by atoms with Crippen molar-refractivity contribution in [3.8, 4) is 11.3 Å². The number of halogens is 3. The molecule has 0 radical (unpaired) electrons. The minimum Gasteiger partial charge on any atom is -0.441 e. The van der Waals surface area contributed by atoms with Crippen LogP contribution < -0.4 is 5.32 Å². The van der Waals surface area contributed by atoms with Gasteiger partial charge in [-0.3, -0.25) is 4.79 Å². The quantitative estimate of drug-likeness (QED) is 0.360. The first-order valence-corrected chi connectivity index (χ1v) is 10.8. The van der Waals surface area contributed by atoms with Gasteiger partial charge in [0, 0.05) is 23.9 Å². The summed E-state index contributed by atoms with van der Waals surface area (Å²) >= 11 is 7.53. The number of nitrogens with one attached hydrogen (secondary N) is 1. The molecule has 2 aromatic carbocycles. The largest absolute Gasteiger partial charge is 0.441 e. The van der Waals surface area contributed by atoms with E-state index < -0.39 is 11.6 Å². The number of hydrogen-bond donors (Lipinski definition) is 1. The molecule has 0 spiro atoms. The lowest BCUT2D eigenvalue weighted by Crippen LogP contribution is -2.29. The number of carbonyl (C=O) groups excluding carboxylic acids is 1. The smallest absolute Gasteiger partial charge is 0.221 e. The minimum atomic E-state index is -0.734. The fraction of sp³-hybridized carbons (Fsp3) is 0.130. The predicted molar refractivity (Wildman–Crippen MR) is 116 cm³/mol. The molecule has 4 aromatic rings. The van der Waals surface area contributed by atoms with Gasteiger partial charge in [-0.25, -0.2) is 13.8 Å². The summed E-state index contributed by atoms with van der Waals surface area (Å²) in [7, 11) is 0. The van der Waals surface area contributed by atoms with E-state index in [4.69, 9.17) is 16.0 Å². The topological polar surface area (TPSA) is 55.1 Å². The fourth-order valence-corrected chi connectivity index (χ4v) is 3.96. The number of aromatic nitrogens is 1. The fourth-order valence-electron chi connectivity index (χ4n) is 3.15. The molecule has 0 saturated carbocycles. The Hall–Kier alpha value is -3.03. The highest BCUT2D eigenvalue weighted by Gasteiger charge is 2.18. The van der Waals surface area contributed by atoms with Gasteiger partial charge in [0.1, 0.15) is 11.6 Å². The van der Waals surface area contributed by atoms with Crippen LogP contribution in [0.5, 0.6) is 0 Å². The van der Waals surface area contributed by atoms with Crippen molar-refractivity contribution < 1.29 is 18.0 Å². The maximum absolute atomic E-state index is 13.9.